The largest absolute Gasteiger partial charge is 0.507 e. The fraction of sp³-hybridized carbons (Fsp3) is 0.448. The highest BCUT2D eigenvalue weighted by Crippen LogP contribution is 2.42. The van der Waals surface area contributed by atoms with Gasteiger partial charge < -0.3 is 29.0 Å². The number of aliphatic hydroxyl groups is 1. The molecule has 0 spiro atoms. The summed E-state index contributed by atoms with van der Waals surface area (Å²) in [5.74, 6) is 0.263. The van der Waals surface area contributed by atoms with Crippen molar-refractivity contribution in [2.75, 3.05) is 33.5 Å². The molecule has 4 rings (SSSR count). The summed E-state index contributed by atoms with van der Waals surface area (Å²) < 4.78 is 22.7. The second kappa shape index (κ2) is 11.7. The van der Waals surface area contributed by atoms with Crippen molar-refractivity contribution in [2.45, 2.75) is 52.2 Å². The molecule has 1 N–H and O–H groups in total. The van der Waals surface area contributed by atoms with E-state index in [1.54, 1.807) is 24.3 Å². The molecule has 8 nitrogen and oxygen atoms in total. The van der Waals surface area contributed by atoms with Gasteiger partial charge in [-0.2, -0.15) is 0 Å². The van der Waals surface area contributed by atoms with Crippen LogP contribution in [0.3, 0.4) is 0 Å². The van der Waals surface area contributed by atoms with Crippen LogP contribution in [0, 0.1) is 0 Å². The third-order valence-electron chi connectivity index (χ3n) is 6.58. The number of amides is 1. The maximum absolute atomic E-state index is 13.3. The van der Waals surface area contributed by atoms with E-state index in [9.17, 15) is 14.7 Å². The van der Waals surface area contributed by atoms with Gasteiger partial charge in [0.2, 0.25) is 0 Å². The van der Waals surface area contributed by atoms with E-state index in [0.29, 0.717) is 42.3 Å². The number of likely N-dealkylation sites (tertiary alicyclic amines) is 1. The average molecular weight is 510 g/mol. The maximum Gasteiger partial charge on any atom is 0.295 e. The number of benzene rings is 2. The predicted octanol–water partition coefficient (Wildman–Crippen LogP) is 4.66. The lowest BCUT2D eigenvalue weighted by Gasteiger charge is -2.26. The molecule has 2 aromatic rings. The van der Waals surface area contributed by atoms with Gasteiger partial charge in [-0.05, 0) is 61.7 Å². The van der Waals surface area contributed by atoms with E-state index in [2.05, 4.69) is 6.92 Å². The highest BCUT2D eigenvalue weighted by Gasteiger charge is 2.46. The van der Waals surface area contributed by atoms with Gasteiger partial charge in [-0.3, -0.25) is 9.59 Å². The van der Waals surface area contributed by atoms with Crippen molar-refractivity contribution in [1.29, 1.82) is 0 Å². The van der Waals surface area contributed by atoms with Gasteiger partial charge in [0.25, 0.3) is 11.7 Å². The Morgan fingerprint density at radius 1 is 1.08 bits per heavy atom. The normalized spacial score (nSPS) is 20.2. The lowest BCUT2D eigenvalue weighted by atomic mass is 9.94. The Morgan fingerprint density at radius 3 is 2.62 bits per heavy atom. The number of hydrogen-bond acceptors (Lipinski definition) is 7. The second-order valence-electron chi connectivity index (χ2n) is 9.28. The molecule has 2 unspecified atom stereocenters. The van der Waals surface area contributed by atoms with Crippen LogP contribution in [0.2, 0.25) is 0 Å². The predicted molar refractivity (Wildman–Crippen MR) is 139 cm³/mol. The van der Waals surface area contributed by atoms with E-state index in [4.69, 9.17) is 18.9 Å². The molecule has 1 amide bonds. The minimum absolute atomic E-state index is 0.0371. The van der Waals surface area contributed by atoms with Crippen molar-refractivity contribution in [3.8, 4) is 17.2 Å². The van der Waals surface area contributed by atoms with Crippen LogP contribution in [-0.2, 0) is 20.7 Å². The van der Waals surface area contributed by atoms with E-state index >= 15 is 0 Å². The molecule has 1 saturated heterocycles. The second-order valence-corrected chi connectivity index (χ2v) is 9.28. The Balaban J connectivity index is 1.79. The number of carbonyl (C=O) groups is 2. The van der Waals surface area contributed by atoms with Crippen molar-refractivity contribution in [1.82, 2.24) is 4.90 Å². The molecule has 0 saturated carbocycles. The molecule has 2 heterocycles. The van der Waals surface area contributed by atoms with Crippen molar-refractivity contribution in [3.63, 3.8) is 0 Å². The molecule has 0 bridgehead atoms. The van der Waals surface area contributed by atoms with Gasteiger partial charge >= 0.3 is 0 Å². The number of fused-ring (bicyclic) bond motifs is 1. The standard InChI is InChI=1S/C29H35NO7/c1-5-7-13-36-23-11-8-19(17-24(23)35-6-2)26-25(28(32)29(33)30(26)12-14-34-4)27(31)20-9-10-22-21(16-20)15-18(3)37-22/h8-11,16-18,26,31H,5-7,12-15H2,1-4H3/b27-25-. The van der Waals surface area contributed by atoms with Crippen LogP contribution < -0.4 is 14.2 Å². The molecule has 2 aliphatic rings. The Bertz CT molecular complexity index is 1190. The van der Waals surface area contributed by atoms with Gasteiger partial charge in [0.1, 0.15) is 17.6 Å². The zero-order valence-electron chi connectivity index (χ0n) is 21.9. The summed E-state index contributed by atoms with van der Waals surface area (Å²) in [6.45, 7) is 7.37. The third-order valence-corrected chi connectivity index (χ3v) is 6.58. The van der Waals surface area contributed by atoms with E-state index in [1.807, 2.05) is 26.0 Å². The molecule has 0 radical (unpaired) electrons. The van der Waals surface area contributed by atoms with Gasteiger partial charge in [-0.1, -0.05) is 19.4 Å². The summed E-state index contributed by atoms with van der Waals surface area (Å²) >= 11 is 0. The summed E-state index contributed by atoms with van der Waals surface area (Å²) in [5.41, 5.74) is 2.10. The molecule has 0 aromatic heterocycles. The first-order chi connectivity index (χ1) is 17.9. The van der Waals surface area contributed by atoms with Crippen molar-refractivity contribution >= 4 is 17.4 Å². The number of nitrogens with zero attached hydrogens (tertiary/aromatic N) is 1. The van der Waals surface area contributed by atoms with Crippen LogP contribution in [0.15, 0.2) is 42.0 Å². The van der Waals surface area contributed by atoms with Gasteiger partial charge in [-0.25, -0.2) is 0 Å². The molecule has 2 atom stereocenters. The molecule has 8 heteroatoms. The van der Waals surface area contributed by atoms with E-state index in [0.717, 1.165) is 24.2 Å². The highest BCUT2D eigenvalue weighted by molar-refractivity contribution is 6.46. The number of hydrogen-bond donors (Lipinski definition) is 1. The number of ketones is 1. The zero-order chi connectivity index (χ0) is 26.5. The Morgan fingerprint density at radius 2 is 1.89 bits per heavy atom. The topological polar surface area (TPSA) is 94.5 Å². The number of carbonyl (C=O) groups excluding carboxylic acids is 2. The Kier molecular flexibility index (Phi) is 8.38. The first kappa shape index (κ1) is 26.5. The lowest BCUT2D eigenvalue weighted by Crippen LogP contribution is -2.32. The molecule has 198 valence electrons. The van der Waals surface area contributed by atoms with Gasteiger partial charge in [0.15, 0.2) is 11.5 Å². The van der Waals surface area contributed by atoms with E-state index in [1.165, 1.54) is 12.0 Å². The molecule has 2 aliphatic heterocycles. The van der Waals surface area contributed by atoms with Crippen molar-refractivity contribution in [2.24, 2.45) is 0 Å². The van der Waals surface area contributed by atoms with Crippen LogP contribution >= 0.6 is 0 Å². The van der Waals surface area contributed by atoms with Crippen LogP contribution in [0.25, 0.3) is 5.76 Å². The minimum Gasteiger partial charge on any atom is -0.507 e. The zero-order valence-corrected chi connectivity index (χ0v) is 21.9. The van der Waals surface area contributed by atoms with Gasteiger partial charge in [0, 0.05) is 25.6 Å². The van der Waals surface area contributed by atoms with Crippen molar-refractivity contribution in [3.05, 3.63) is 58.7 Å². The lowest BCUT2D eigenvalue weighted by molar-refractivity contribution is -0.140. The molecular weight excluding hydrogens is 474 g/mol. The summed E-state index contributed by atoms with van der Waals surface area (Å²) in [4.78, 5) is 27.9. The maximum atomic E-state index is 13.3. The quantitative estimate of drug-likeness (QED) is 0.204. The molecular formula is C29H35NO7. The van der Waals surface area contributed by atoms with E-state index in [-0.39, 0.29) is 30.6 Å². The fourth-order valence-corrected chi connectivity index (χ4v) is 4.78. The number of aliphatic hydroxyl groups excluding tert-OH is 1. The Labute approximate surface area is 217 Å². The average Bonchev–Trinajstić information content (AvgIpc) is 3.38. The smallest absolute Gasteiger partial charge is 0.295 e. The molecule has 1 fully saturated rings. The van der Waals surface area contributed by atoms with E-state index < -0.39 is 17.7 Å². The molecule has 37 heavy (non-hydrogen) atoms. The summed E-state index contributed by atoms with van der Waals surface area (Å²) in [6, 6.07) is 9.91. The molecule has 2 aromatic carbocycles. The van der Waals surface area contributed by atoms with Crippen LogP contribution in [0.5, 0.6) is 17.2 Å². The highest BCUT2D eigenvalue weighted by atomic mass is 16.5. The minimum atomic E-state index is -0.803. The molecule has 0 aliphatic carbocycles. The number of Topliss-reactive ketones (excluding diaryl/α,β-unsaturated/α-hetero) is 1. The SMILES string of the molecule is CCCCOc1ccc(C2/C(=C(/O)c3ccc4c(c3)CC(C)O4)C(=O)C(=O)N2CCOC)cc1OCC. The first-order valence-electron chi connectivity index (χ1n) is 12.9. The summed E-state index contributed by atoms with van der Waals surface area (Å²) in [5, 5.41) is 11.4. The first-order valence-corrected chi connectivity index (χ1v) is 12.9. The monoisotopic (exact) mass is 509 g/mol. The number of ether oxygens (including phenoxy) is 4. The number of rotatable bonds is 11. The fourth-order valence-electron chi connectivity index (χ4n) is 4.78. The summed E-state index contributed by atoms with van der Waals surface area (Å²) in [7, 11) is 1.54. The Hall–Kier alpha value is -3.52. The number of unbranched alkanes of at least 4 members (excludes halogenated alkanes) is 1. The third kappa shape index (κ3) is 5.44. The van der Waals surface area contributed by atoms with Gasteiger partial charge in [-0.15, -0.1) is 0 Å². The summed E-state index contributed by atoms with van der Waals surface area (Å²) in [6.07, 6.45) is 2.67. The van der Waals surface area contributed by atoms with Crippen molar-refractivity contribution < 1.29 is 33.6 Å². The van der Waals surface area contributed by atoms with Gasteiger partial charge in [0.05, 0.1) is 31.4 Å². The number of methoxy groups -OCH3 is 1. The van der Waals surface area contributed by atoms with Crippen LogP contribution in [0.1, 0.15) is 56.3 Å². The van der Waals surface area contributed by atoms with Crippen LogP contribution in [-0.4, -0.2) is 61.3 Å². The van der Waals surface area contributed by atoms with Crippen LogP contribution in [0.4, 0.5) is 0 Å².